The van der Waals surface area contributed by atoms with Gasteiger partial charge in [-0.25, -0.2) is 9.29 Å². The fraction of sp³-hybridized carbons (Fsp3) is 0. The summed E-state index contributed by atoms with van der Waals surface area (Å²) in [5.41, 5.74) is 0.482. The number of benzene rings is 1. The summed E-state index contributed by atoms with van der Waals surface area (Å²) in [7, 11) is 0. The van der Waals surface area contributed by atoms with Gasteiger partial charge in [-0.1, -0.05) is 0 Å². The average Bonchev–Trinajstić information content (AvgIpc) is 2.66. The van der Waals surface area contributed by atoms with E-state index in [4.69, 9.17) is 5.11 Å². The molecule has 0 saturated heterocycles. The lowest BCUT2D eigenvalue weighted by molar-refractivity contribution is 0.0926. The van der Waals surface area contributed by atoms with Gasteiger partial charge in [0.2, 0.25) is 0 Å². The van der Waals surface area contributed by atoms with E-state index in [1.165, 1.54) is 24.5 Å². The van der Waals surface area contributed by atoms with Gasteiger partial charge in [0, 0.05) is 18.5 Å². The zero-order valence-corrected chi connectivity index (χ0v) is 9.50. The minimum Gasteiger partial charge on any atom is -0.505 e. The average molecular weight is 258 g/mol. The summed E-state index contributed by atoms with van der Waals surface area (Å²) in [6.07, 6.45) is 2.71. The summed E-state index contributed by atoms with van der Waals surface area (Å²) in [6.45, 7) is 0. The molecule has 19 heavy (non-hydrogen) atoms. The fourth-order valence-corrected chi connectivity index (χ4v) is 1.95. The number of fused-ring (bicyclic) bond motifs is 1. The van der Waals surface area contributed by atoms with Crippen molar-refractivity contribution in [1.82, 2.24) is 4.98 Å². The molecule has 0 fully saturated rings. The van der Waals surface area contributed by atoms with E-state index in [0.29, 0.717) is 0 Å². The lowest BCUT2D eigenvalue weighted by Crippen LogP contribution is -2.29. The highest BCUT2D eigenvalue weighted by molar-refractivity contribution is 6.34. The first kappa shape index (κ1) is 11.3. The molecule has 2 aromatic rings. The van der Waals surface area contributed by atoms with Gasteiger partial charge < -0.3 is 5.11 Å². The molecule has 0 unspecified atom stereocenters. The van der Waals surface area contributed by atoms with E-state index in [1.807, 2.05) is 0 Å². The van der Waals surface area contributed by atoms with Gasteiger partial charge in [-0.3, -0.25) is 14.6 Å². The number of nitrogens with zero attached hydrogens (tertiary/aromatic N) is 2. The number of phenolic OH excluding ortho intramolecular Hbond substituents is 1. The second kappa shape index (κ2) is 3.88. The number of pyridine rings is 1. The number of phenols is 1. The summed E-state index contributed by atoms with van der Waals surface area (Å²) >= 11 is 0. The smallest absolute Gasteiger partial charge is 0.267 e. The van der Waals surface area contributed by atoms with E-state index >= 15 is 0 Å². The Morgan fingerprint density at radius 3 is 2.53 bits per heavy atom. The highest BCUT2D eigenvalue weighted by Crippen LogP contribution is 2.30. The van der Waals surface area contributed by atoms with Crippen molar-refractivity contribution in [2.75, 3.05) is 4.90 Å². The van der Waals surface area contributed by atoms with Crippen molar-refractivity contribution in [3.8, 4) is 5.75 Å². The molecule has 2 amide bonds. The first-order valence-corrected chi connectivity index (χ1v) is 5.41. The van der Waals surface area contributed by atoms with Crippen molar-refractivity contribution in [2.45, 2.75) is 0 Å². The summed E-state index contributed by atoms with van der Waals surface area (Å²) in [6, 6.07) is 4.76. The summed E-state index contributed by atoms with van der Waals surface area (Å²) in [5, 5.41) is 9.12. The van der Waals surface area contributed by atoms with Gasteiger partial charge in [0.1, 0.15) is 0 Å². The molecule has 1 aromatic carbocycles. The molecule has 1 aromatic heterocycles. The van der Waals surface area contributed by atoms with Crippen LogP contribution in [0.15, 0.2) is 36.7 Å². The van der Waals surface area contributed by atoms with Gasteiger partial charge in [-0.15, -0.1) is 0 Å². The third kappa shape index (κ3) is 1.57. The number of aromatic hydroxyl groups is 1. The Kier molecular flexibility index (Phi) is 2.31. The largest absolute Gasteiger partial charge is 0.505 e. The van der Waals surface area contributed by atoms with Crippen LogP contribution in [0.2, 0.25) is 0 Å². The maximum Gasteiger partial charge on any atom is 0.267 e. The number of hydrogen-bond acceptors (Lipinski definition) is 4. The third-order valence-electron chi connectivity index (χ3n) is 2.88. The second-order valence-electron chi connectivity index (χ2n) is 4.00. The molecule has 5 nitrogen and oxygen atoms in total. The second-order valence-corrected chi connectivity index (χ2v) is 4.00. The molecular formula is C13H7FN2O3. The topological polar surface area (TPSA) is 70.5 Å². The van der Waals surface area contributed by atoms with Crippen LogP contribution in [-0.4, -0.2) is 21.9 Å². The van der Waals surface area contributed by atoms with E-state index in [2.05, 4.69) is 4.98 Å². The lowest BCUT2D eigenvalue weighted by atomic mass is 10.2. The van der Waals surface area contributed by atoms with Gasteiger partial charge in [-0.2, -0.15) is 0 Å². The lowest BCUT2D eigenvalue weighted by Gasteiger charge is -2.13. The van der Waals surface area contributed by atoms with Crippen molar-refractivity contribution in [2.24, 2.45) is 0 Å². The molecule has 0 atom stereocenters. The number of rotatable bonds is 1. The number of hydrogen-bond donors (Lipinski definition) is 1. The van der Waals surface area contributed by atoms with Gasteiger partial charge in [0.15, 0.2) is 11.6 Å². The SMILES string of the molecule is O=C1c2ccncc2C(=O)N1c1ccc(O)c(F)c1. The summed E-state index contributed by atoms with van der Waals surface area (Å²) in [5.74, 6) is -2.53. The Morgan fingerprint density at radius 2 is 1.84 bits per heavy atom. The van der Waals surface area contributed by atoms with Crippen LogP contribution < -0.4 is 4.90 Å². The Bertz CT molecular complexity index is 680. The molecule has 0 radical (unpaired) electrons. The Morgan fingerprint density at radius 1 is 1.11 bits per heavy atom. The van der Waals surface area contributed by atoms with Crippen LogP contribution in [-0.2, 0) is 0 Å². The van der Waals surface area contributed by atoms with Crippen molar-refractivity contribution < 1.29 is 19.1 Å². The maximum absolute atomic E-state index is 13.3. The minimum atomic E-state index is -0.896. The Balaban J connectivity index is 2.11. The van der Waals surface area contributed by atoms with Crippen LogP contribution in [0, 0.1) is 5.82 Å². The van der Waals surface area contributed by atoms with E-state index in [-0.39, 0.29) is 16.8 Å². The van der Waals surface area contributed by atoms with Crippen molar-refractivity contribution in [1.29, 1.82) is 0 Å². The van der Waals surface area contributed by atoms with Crippen LogP contribution in [0.4, 0.5) is 10.1 Å². The van der Waals surface area contributed by atoms with E-state index in [9.17, 15) is 14.0 Å². The van der Waals surface area contributed by atoms with Gasteiger partial charge in [0.25, 0.3) is 11.8 Å². The Hall–Kier alpha value is -2.76. The zero-order chi connectivity index (χ0) is 13.6. The molecule has 1 aliphatic heterocycles. The van der Waals surface area contributed by atoms with Gasteiger partial charge >= 0.3 is 0 Å². The number of amides is 2. The number of anilines is 1. The van der Waals surface area contributed by atoms with E-state index < -0.39 is 23.4 Å². The third-order valence-corrected chi connectivity index (χ3v) is 2.88. The normalized spacial score (nSPS) is 13.8. The fourth-order valence-electron chi connectivity index (χ4n) is 1.95. The molecule has 0 aliphatic carbocycles. The molecule has 2 heterocycles. The van der Waals surface area contributed by atoms with E-state index in [0.717, 1.165) is 17.0 Å². The van der Waals surface area contributed by atoms with Crippen LogP contribution >= 0.6 is 0 Å². The quantitative estimate of drug-likeness (QED) is 0.791. The Labute approximate surface area is 106 Å². The van der Waals surface area contributed by atoms with Crippen molar-refractivity contribution in [3.05, 3.63) is 53.6 Å². The number of halogens is 1. The van der Waals surface area contributed by atoms with Gasteiger partial charge in [-0.05, 0) is 18.2 Å². The molecule has 3 rings (SSSR count). The van der Waals surface area contributed by atoms with Crippen molar-refractivity contribution in [3.63, 3.8) is 0 Å². The molecule has 0 spiro atoms. The highest BCUT2D eigenvalue weighted by Gasteiger charge is 2.36. The molecule has 6 heteroatoms. The predicted molar refractivity (Wildman–Crippen MR) is 63.4 cm³/mol. The molecule has 0 bridgehead atoms. The summed E-state index contributed by atoms with van der Waals surface area (Å²) < 4.78 is 13.3. The minimum absolute atomic E-state index is 0.0708. The van der Waals surface area contributed by atoms with E-state index in [1.54, 1.807) is 0 Å². The standard InChI is InChI=1S/C13H7FN2O3/c14-10-5-7(1-2-11(10)17)16-12(18)8-3-4-15-6-9(8)13(16)19/h1-6,17H. The van der Waals surface area contributed by atoms with Crippen LogP contribution in [0.3, 0.4) is 0 Å². The number of aromatic nitrogens is 1. The molecular weight excluding hydrogens is 251 g/mol. The zero-order valence-electron chi connectivity index (χ0n) is 9.50. The molecule has 0 saturated carbocycles. The summed E-state index contributed by atoms with van der Waals surface area (Å²) in [4.78, 5) is 28.8. The monoisotopic (exact) mass is 258 g/mol. The number of carbonyl (C=O) groups is 2. The maximum atomic E-state index is 13.3. The predicted octanol–water partition coefficient (Wildman–Crippen LogP) is 1.73. The molecule has 94 valence electrons. The first-order valence-electron chi connectivity index (χ1n) is 5.41. The molecule has 1 aliphatic rings. The number of carbonyl (C=O) groups excluding carboxylic acids is 2. The first-order chi connectivity index (χ1) is 9.09. The van der Waals surface area contributed by atoms with Crippen LogP contribution in [0.25, 0.3) is 0 Å². The van der Waals surface area contributed by atoms with Crippen LogP contribution in [0.1, 0.15) is 20.7 Å². The number of imide groups is 1. The van der Waals surface area contributed by atoms with Crippen molar-refractivity contribution >= 4 is 17.5 Å². The highest BCUT2D eigenvalue weighted by atomic mass is 19.1. The van der Waals surface area contributed by atoms with Crippen LogP contribution in [0.5, 0.6) is 5.75 Å². The molecule has 1 N–H and O–H groups in total. The van der Waals surface area contributed by atoms with Gasteiger partial charge in [0.05, 0.1) is 16.8 Å².